The lowest BCUT2D eigenvalue weighted by atomic mass is 9.98. The number of nitrogens with one attached hydrogen (secondary N) is 1. The highest BCUT2D eigenvalue weighted by molar-refractivity contribution is 6.88. The van der Waals surface area contributed by atoms with Gasteiger partial charge in [0, 0.05) is 30.1 Å². The molecule has 0 saturated heterocycles. The van der Waals surface area contributed by atoms with E-state index in [0.717, 1.165) is 33.7 Å². The second-order valence-corrected chi connectivity index (χ2v) is 14.6. The molecule has 4 aromatic rings. The fourth-order valence-corrected chi connectivity index (χ4v) is 5.35. The van der Waals surface area contributed by atoms with Crippen LogP contribution in [0.1, 0.15) is 16.1 Å². The molecule has 34 heavy (non-hydrogen) atoms. The van der Waals surface area contributed by atoms with E-state index in [1.165, 1.54) is 5.19 Å². The SMILES string of the molecule is C[Si](C)(C)c1ccc(COc2ccc(-c3c(-c4ccncc4)nn4c3C(=O)NCC4)cc2)cc1. The largest absolute Gasteiger partial charge is 0.489 e. The molecule has 0 bridgehead atoms. The number of carbonyl (C=O) groups excluding carboxylic acids is 1. The van der Waals surface area contributed by atoms with Gasteiger partial charge in [-0.15, -0.1) is 0 Å². The Kier molecular flexibility index (Phi) is 5.79. The summed E-state index contributed by atoms with van der Waals surface area (Å²) in [4.78, 5) is 16.8. The van der Waals surface area contributed by atoms with E-state index in [0.29, 0.717) is 25.4 Å². The third kappa shape index (κ3) is 4.39. The molecule has 1 N–H and O–H groups in total. The van der Waals surface area contributed by atoms with Gasteiger partial charge in [0.15, 0.2) is 0 Å². The average molecular weight is 469 g/mol. The van der Waals surface area contributed by atoms with Crippen LogP contribution in [0.4, 0.5) is 0 Å². The molecule has 172 valence electrons. The average Bonchev–Trinajstić information content (AvgIpc) is 3.24. The van der Waals surface area contributed by atoms with Gasteiger partial charge in [0.05, 0.1) is 14.6 Å². The van der Waals surface area contributed by atoms with Crippen LogP contribution in [0, 0.1) is 0 Å². The van der Waals surface area contributed by atoms with Crippen molar-refractivity contribution in [3.8, 4) is 28.1 Å². The number of amides is 1. The van der Waals surface area contributed by atoms with Crippen LogP contribution in [0.25, 0.3) is 22.4 Å². The Morgan fingerprint density at radius 2 is 1.65 bits per heavy atom. The molecule has 0 radical (unpaired) electrons. The second kappa shape index (κ2) is 8.91. The van der Waals surface area contributed by atoms with Crippen molar-refractivity contribution in [3.05, 3.63) is 84.3 Å². The number of rotatable bonds is 6. The molecule has 2 aromatic carbocycles. The van der Waals surface area contributed by atoms with Gasteiger partial charge in [-0.1, -0.05) is 61.2 Å². The quantitative estimate of drug-likeness (QED) is 0.424. The maximum absolute atomic E-state index is 12.7. The van der Waals surface area contributed by atoms with E-state index < -0.39 is 8.07 Å². The van der Waals surface area contributed by atoms with Gasteiger partial charge in [-0.3, -0.25) is 14.5 Å². The van der Waals surface area contributed by atoms with E-state index in [9.17, 15) is 4.79 Å². The summed E-state index contributed by atoms with van der Waals surface area (Å²) in [5.41, 5.74) is 5.21. The third-order valence-electron chi connectivity index (χ3n) is 6.10. The van der Waals surface area contributed by atoms with Crippen LogP contribution in [0.3, 0.4) is 0 Å². The van der Waals surface area contributed by atoms with Crippen LogP contribution in [-0.4, -0.2) is 35.3 Å². The fraction of sp³-hybridized carbons (Fsp3) is 0.222. The van der Waals surface area contributed by atoms with Gasteiger partial charge >= 0.3 is 0 Å². The van der Waals surface area contributed by atoms with E-state index in [1.54, 1.807) is 17.1 Å². The number of hydrogen-bond donors (Lipinski definition) is 1. The summed E-state index contributed by atoms with van der Waals surface area (Å²) in [7, 11) is -1.30. The number of carbonyl (C=O) groups is 1. The topological polar surface area (TPSA) is 69.0 Å². The number of ether oxygens (including phenoxy) is 1. The number of benzene rings is 2. The van der Waals surface area contributed by atoms with Crippen LogP contribution in [0.5, 0.6) is 5.75 Å². The first-order valence-electron chi connectivity index (χ1n) is 11.5. The molecule has 0 spiro atoms. The van der Waals surface area contributed by atoms with Crippen LogP contribution in [0.2, 0.25) is 19.6 Å². The van der Waals surface area contributed by atoms with Crippen molar-refractivity contribution in [1.29, 1.82) is 0 Å². The molecule has 1 aliphatic rings. The van der Waals surface area contributed by atoms with E-state index in [-0.39, 0.29) is 5.91 Å². The number of fused-ring (bicyclic) bond motifs is 1. The highest BCUT2D eigenvalue weighted by Crippen LogP contribution is 2.36. The lowest BCUT2D eigenvalue weighted by Gasteiger charge is -2.17. The van der Waals surface area contributed by atoms with Crippen molar-refractivity contribution in [2.75, 3.05) is 6.54 Å². The minimum atomic E-state index is -1.30. The molecule has 7 heteroatoms. The van der Waals surface area contributed by atoms with Crippen molar-refractivity contribution >= 4 is 19.2 Å². The first kappa shape index (κ1) is 22.1. The van der Waals surface area contributed by atoms with E-state index in [1.807, 2.05) is 36.4 Å². The molecule has 1 amide bonds. The van der Waals surface area contributed by atoms with E-state index in [4.69, 9.17) is 9.84 Å². The maximum Gasteiger partial charge on any atom is 0.270 e. The smallest absolute Gasteiger partial charge is 0.270 e. The Hall–Kier alpha value is -3.71. The maximum atomic E-state index is 12.7. The van der Waals surface area contributed by atoms with E-state index >= 15 is 0 Å². The van der Waals surface area contributed by atoms with E-state index in [2.05, 4.69) is 54.2 Å². The van der Waals surface area contributed by atoms with Gasteiger partial charge in [0.1, 0.15) is 23.7 Å². The van der Waals surface area contributed by atoms with Crippen LogP contribution < -0.4 is 15.2 Å². The molecule has 0 aliphatic carbocycles. The summed E-state index contributed by atoms with van der Waals surface area (Å²) in [5.74, 6) is 0.685. The molecule has 2 aromatic heterocycles. The number of pyridine rings is 1. The summed E-state index contributed by atoms with van der Waals surface area (Å²) >= 11 is 0. The fourth-order valence-electron chi connectivity index (χ4n) is 4.18. The Morgan fingerprint density at radius 1 is 0.941 bits per heavy atom. The highest BCUT2D eigenvalue weighted by Gasteiger charge is 2.28. The standard InChI is InChI=1S/C27H28N4O2Si/c1-34(2,3)23-10-4-19(5-11-23)18-33-22-8-6-20(7-9-22)24-25(21-12-14-28-15-13-21)30-31-17-16-29-27(32)26(24)31/h4-15H,16-18H2,1-3H3,(H,29,32). The number of aromatic nitrogens is 3. The summed E-state index contributed by atoms with van der Waals surface area (Å²) in [6.07, 6.45) is 3.48. The normalized spacial score (nSPS) is 13.3. The zero-order chi connectivity index (χ0) is 23.7. The van der Waals surface area contributed by atoms with Crippen molar-refractivity contribution in [2.24, 2.45) is 0 Å². The Bertz CT molecular complexity index is 1310. The first-order chi connectivity index (χ1) is 16.4. The Balaban J connectivity index is 1.40. The van der Waals surface area contributed by atoms with Gasteiger partial charge in [0.2, 0.25) is 0 Å². The predicted molar refractivity (Wildman–Crippen MR) is 137 cm³/mol. The lowest BCUT2D eigenvalue weighted by molar-refractivity contribution is 0.0925. The van der Waals surface area contributed by atoms with Crippen LogP contribution in [0.15, 0.2) is 73.1 Å². The van der Waals surface area contributed by atoms with Crippen molar-refractivity contribution in [3.63, 3.8) is 0 Å². The summed E-state index contributed by atoms with van der Waals surface area (Å²) < 4.78 is 7.85. The van der Waals surface area contributed by atoms with Gasteiger partial charge in [-0.05, 0) is 35.4 Å². The zero-order valence-electron chi connectivity index (χ0n) is 19.7. The zero-order valence-corrected chi connectivity index (χ0v) is 20.7. The van der Waals surface area contributed by atoms with Crippen LogP contribution >= 0.6 is 0 Å². The molecule has 0 unspecified atom stereocenters. The minimum absolute atomic E-state index is 0.101. The van der Waals surface area contributed by atoms with Gasteiger partial charge < -0.3 is 10.1 Å². The Morgan fingerprint density at radius 3 is 2.32 bits per heavy atom. The molecule has 0 saturated carbocycles. The molecule has 5 rings (SSSR count). The second-order valence-electron chi connectivity index (χ2n) is 9.55. The first-order valence-corrected chi connectivity index (χ1v) is 15.0. The molecule has 1 aliphatic heterocycles. The lowest BCUT2D eigenvalue weighted by Crippen LogP contribution is -2.37. The Labute approximate surface area is 200 Å². The molecule has 6 nitrogen and oxygen atoms in total. The van der Waals surface area contributed by atoms with Gasteiger partial charge in [0.25, 0.3) is 5.91 Å². The molecule has 0 fully saturated rings. The van der Waals surface area contributed by atoms with Crippen molar-refractivity contribution in [1.82, 2.24) is 20.1 Å². The van der Waals surface area contributed by atoms with Crippen LogP contribution in [-0.2, 0) is 13.2 Å². The molecular weight excluding hydrogens is 440 g/mol. The number of nitrogens with zero attached hydrogens (tertiary/aromatic N) is 3. The molecule has 0 atom stereocenters. The summed E-state index contributed by atoms with van der Waals surface area (Å²) in [6, 6.07) is 20.5. The third-order valence-corrected chi connectivity index (χ3v) is 8.16. The predicted octanol–water partition coefficient (Wildman–Crippen LogP) is 4.48. The summed E-state index contributed by atoms with van der Waals surface area (Å²) in [6.45, 7) is 8.79. The minimum Gasteiger partial charge on any atom is -0.489 e. The highest BCUT2D eigenvalue weighted by atomic mass is 28.3. The van der Waals surface area contributed by atoms with Crippen molar-refractivity contribution in [2.45, 2.75) is 32.8 Å². The monoisotopic (exact) mass is 468 g/mol. The molecular formula is C27H28N4O2Si. The van der Waals surface area contributed by atoms with Gasteiger partial charge in [-0.2, -0.15) is 5.10 Å². The number of hydrogen-bond acceptors (Lipinski definition) is 4. The van der Waals surface area contributed by atoms with Crippen molar-refractivity contribution < 1.29 is 9.53 Å². The molecule has 3 heterocycles. The summed E-state index contributed by atoms with van der Waals surface area (Å²) in [5, 5.41) is 9.16. The van der Waals surface area contributed by atoms with Gasteiger partial charge in [-0.25, -0.2) is 0 Å².